The van der Waals surface area contributed by atoms with Gasteiger partial charge in [-0.3, -0.25) is 9.20 Å². The van der Waals surface area contributed by atoms with Crippen molar-refractivity contribution in [1.29, 1.82) is 5.26 Å². The van der Waals surface area contributed by atoms with E-state index in [1.54, 1.807) is 11.3 Å². The number of thiophene rings is 1. The molecule has 1 atom stereocenters. The van der Waals surface area contributed by atoms with Crippen molar-refractivity contribution in [2.75, 3.05) is 11.1 Å². The zero-order chi connectivity index (χ0) is 23.0. The molecule has 1 unspecified atom stereocenters. The number of aryl methyl sites for hydroxylation is 2. The number of amides is 1. The van der Waals surface area contributed by atoms with Gasteiger partial charge in [0.1, 0.15) is 11.1 Å². The molecule has 32 heavy (non-hydrogen) atoms. The second kappa shape index (κ2) is 8.83. The fraction of sp³-hybridized carbons (Fsp3) is 0.522. The number of rotatable bonds is 6. The molecule has 9 heteroatoms. The number of carbonyl (C=O) groups excluding carboxylic acids is 1. The number of anilines is 1. The number of nitriles is 1. The number of thioether (sulfide) groups is 1. The highest BCUT2D eigenvalue weighted by Gasteiger charge is 2.34. The summed E-state index contributed by atoms with van der Waals surface area (Å²) in [6.45, 7) is 10.8. The molecule has 3 aromatic heterocycles. The lowest BCUT2D eigenvalue weighted by Gasteiger charge is -2.36. The van der Waals surface area contributed by atoms with Crippen LogP contribution in [0, 0.1) is 36.5 Å². The molecule has 0 saturated heterocycles. The summed E-state index contributed by atoms with van der Waals surface area (Å²) in [6, 6.07) is 4.30. The third-order valence-corrected chi connectivity index (χ3v) is 8.74. The molecule has 0 saturated carbocycles. The van der Waals surface area contributed by atoms with Gasteiger partial charge in [0.15, 0.2) is 5.16 Å². The van der Waals surface area contributed by atoms with E-state index in [1.165, 1.54) is 16.6 Å². The van der Waals surface area contributed by atoms with Crippen LogP contribution in [-0.4, -0.2) is 31.2 Å². The molecule has 3 aromatic rings. The van der Waals surface area contributed by atoms with Crippen molar-refractivity contribution in [2.24, 2.45) is 11.3 Å². The van der Waals surface area contributed by atoms with Gasteiger partial charge in [-0.25, -0.2) is 4.98 Å². The van der Waals surface area contributed by atoms with Gasteiger partial charge in [-0.15, -0.1) is 21.5 Å². The van der Waals surface area contributed by atoms with Crippen LogP contribution in [0.1, 0.15) is 61.0 Å². The summed E-state index contributed by atoms with van der Waals surface area (Å²) in [4.78, 5) is 18.4. The lowest BCUT2D eigenvalue weighted by Crippen LogP contribution is -2.28. The predicted octanol–water partition coefficient (Wildman–Crippen LogP) is 4.95. The number of aromatic nitrogens is 4. The van der Waals surface area contributed by atoms with Gasteiger partial charge in [0, 0.05) is 16.3 Å². The topological polar surface area (TPSA) is 96.0 Å². The normalized spacial score (nSPS) is 16.1. The average molecular weight is 469 g/mol. The van der Waals surface area contributed by atoms with Crippen LogP contribution in [0.3, 0.4) is 0 Å². The molecule has 1 aliphatic rings. The van der Waals surface area contributed by atoms with Crippen LogP contribution < -0.4 is 5.32 Å². The van der Waals surface area contributed by atoms with Gasteiger partial charge in [-0.2, -0.15) is 5.26 Å². The third kappa shape index (κ3) is 4.26. The Labute approximate surface area is 196 Å². The molecule has 0 fully saturated rings. The van der Waals surface area contributed by atoms with Crippen molar-refractivity contribution < 1.29 is 4.79 Å². The minimum atomic E-state index is -0.148. The Morgan fingerprint density at radius 1 is 1.41 bits per heavy atom. The maximum absolute atomic E-state index is 12.7. The Bertz CT molecular complexity index is 1220. The van der Waals surface area contributed by atoms with Crippen molar-refractivity contribution in [3.05, 3.63) is 33.5 Å². The summed E-state index contributed by atoms with van der Waals surface area (Å²) in [6.07, 6.45) is 4.12. The van der Waals surface area contributed by atoms with Gasteiger partial charge in [0.2, 0.25) is 5.91 Å². The van der Waals surface area contributed by atoms with Crippen LogP contribution in [0.2, 0.25) is 0 Å². The van der Waals surface area contributed by atoms with Gasteiger partial charge in [-0.05, 0) is 56.1 Å². The van der Waals surface area contributed by atoms with Crippen LogP contribution in [-0.2, 0) is 17.6 Å². The van der Waals surface area contributed by atoms with Crippen molar-refractivity contribution in [3.63, 3.8) is 0 Å². The smallest absolute Gasteiger partial charge is 0.256 e. The monoisotopic (exact) mass is 468 g/mol. The molecule has 7 nitrogen and oxygen atoms in total. The third-order valence-electron chi connectivity index (χ3n) is 6.64. The van der Waals surface area contributed by atoms with Crippen LogP contribution in [0.5, 0.6) is 0 Å². The lowest BCUT2D eigenvalue weighted by atomic mass is 9.69. The van der Waals surface area contributed by atoms with Crippen molar-refractivity contribution in [1.82, 2.24) is 19.6 Å². The van der Waals surface area contributed by atoms with Gasteiger partial charge in [0.25, 0.3) is 5.78 Å². The Morgan fingerprint density at radius 2 is 2.19 bits per heavy atom. The van der Waals surface area contributed by atoms with Crippen LogP contribution in [0.15, 0.2) is 11.2 Å². The predicted molar refractivity (Wildman–Crippen MR) is 128 cm³/mol. The average Bonchev–Trinajstić information content (AvgIpc) is 3.32. The maximum Gasteiger partial charge on any atom is 0.256 e. The second-order valence-corrected chi connectivity index (χ2v) is 11.1. The van der Waals surface area contributed by atoms with E-state index in [1.807, 2.05) is 24.3 Å². The lowest BCUT2D eigenvalue weighted by molar-refractivity contribution is -0.113. The van der Waals surface area contributed by atoms with Gasteiger partial charge in [-0.1, -0.05) is 39.0 Å². The van der Waals surface area contributed by atoms with E-state index < -0.39 is 0 Å². The summed E-state index contributed by atoms with van der Waals surface area (Å²) in [5, 5.41) is 22.4. The first-order valence-corrected chi connectivity index (χ1v) is 12.7. The SMILES string of the molecule is CCC(C)(C)C1CCc2c(sc(NC(=O)CSc3nnc4nc(C)cc(C)n34)c2C#N)C1. The first-order chi connectivity index (χ1) is 15.2. The fourth-order valence-corrected chi connectivity index (χ4v) is 6.41. The zero-order valence-corrected chi connectivity index (χ0v) is 20.8. The van der Waals surface area contributed by atoms with Crippen molar-refractivity contribution >= 4 is 39.8 Å². The Balaban J connectivity index is 1.47. The Hall–Kier alpha value is -2.44. The highest BCUT2D eigenvalue weighted by Crippen LogP contribution is 2.45. The van der Waals surface area contributed by atoms with E-state index >= 15 is 0 Å². The number of hydrogen-bond acceptors (Lipinski definition) is 7. The number of hydrogen-bond donors (Lipinski definition) is 1. The summed E-state index contributed by atoms with van der Waals surface area (Å²) in [5.74, 6) is 1.18. The first-order valence-electron chi connectivity index (χ1n) is 10.9. The van der Waals surface area contributed by atoms with E-state index in [9.17, 15) is 10.1 Å². The molecule has 1 N–H and O–H groups in total. The van der Waals surface area contributed by atoms with Gasteiger partial charge in [0.05, 0.1) is 11.3 Å². The molecule has 1 aliphatic carbocycles. The molecular formula is C23H28N6OS2. The molecule has 0 radical (unpaired) electrons. The summed E-state index contributed by atoms with van der Waals surface area (Å²) in [5.41, 5.74) is 3.90. The summed E-state index contributed by atoms with van der Waals surface area (Å²) >= 11 is 2.89. The Morgan fingerprint density at radius 3 is 2.91 bits per heavy atom. The van der Waals surface area contributed by atoms with Crippen molar-refractivity contribution in [2.45, 2.75) is 65.5 Å². The minimum Gasteiger partial charge on any atom is -0.316 e. The number of carbonyl (C=O) groups is 1. The molecule has 1 amide bonds. The molecule has 4 rings (SSSR count). The zero-order valence-electron chi connectivity index (χ0n) is 19.2. The molecule has 0 aromatic carbocycles. The number of nitrogens with zero attached hydrogens (tertiary/aromatic N) is 5. The molecule has 0 spiro atoms. The Kier molecular flexibility index (Phi) is 6.28. The molecule has 0 aliphatic heterocycles. The van der Waals surface area contributed by atoms with Crippen LogP contribution in [0.25, 0.3) is 5.78 Å². The molecule has 0 bridgehead atoms. The standard InChI is InChI=1S/C23H28N6OS2/c1-6-23(4,5)15-7-8-16-17(11-24)20(32-18(16)10-15)26-19(30)12-31-22-28-27-21-25-13(2)9-14(3)29(21)22/h9,15H,6-8,10,12H2,1-5H3,(H,26,30). The molecular weight excluding hydrogens is 440 g/mol. The summed E-state index contributed by atoms with van der Waals surface area (Å²) in [7, 11) is 0. The highest BCUT2D eigenvalue weighted by molar-refractivity contribution is 7.99. The second-order valence-electron chi connectivity index (χ2n) is 9.10. The van der Waals surface area contributed by atoms with E-state index in [-0.39, 0.29) is 17.1 Å². The fourth-order valence-electron chi connectivity index (χ4n) is 4.33. The molecule has 168 valence electrons. The summed E-state index contributed by atoms with van der Waals surface area (Å²) < 4.78 is 1.85. The highest BCUT2D eigenvalue weighted by atomic mass is 32.2. The van der Waals surface area contributed by atoms with Crippen molar-refractivity contribution in [3.8, 4) is 6.07 Å². The maximum atomic E-state index is 12.7. The largest absolute Gasteiger partial charge is 0.316 e. The number of nitrogens with one attached hydrogen (secondary N) is 1. The van der Waals surface area contributed by atoms with E-state index in [2.05, 4.69) is 47.3 Å². The minimum absolute atomic E-state index is 0.148. The van der Waals surface area contributed by atoms with Crippen LogP contribution in [0.4, 0.5) is 5.00 Å². The van der Waals surface area contributed by atoms with Crippen LogP contribution >= 0.6 is 23.1 Å². The van der Waals surface area contributed by atoms with E-state index in [0.717, 1.165) is 42.6 Å². The van der Waals surface area contributed by atoms with Gasteiger partial charge >= 0.3 is 0 Å². The van der Waals surface area contributed by atoms with E-state index in [4.69, 9.17) is 0 Å². The number of fused-ring (bicyclic) bond motifs is 2. The quantitative estimate of drug-likeness (QED) is 0.515. The first kappa shape index (κ1) is 22.7. The van der Waals surface area contributed by atoms with E-state index in [0.29, 0.717) is 27.4 Å². The molecule has 3 heterocycles. The van der Waals surface area contributed by atoms with Gasteiger partial charge < -0.3 is 5.32 Å².